The molecule has 0 saturated carbocycles. The molecular weight excluding hydrogens is 291 g/mol. The van der Waals surface area contributed by atoms with Crippen LogP contribution in [0.5, 0.6) is 0 Å². The predicted molar refractivity (Wildman–Crippen MR) is 69.5 cm³/mol. The van der Waals surface area contributed by atoms with E-state index in [0.29, 0.717) is 12.1 Å². The summed E-state index contributed by atoms with van der Waals surface area (Å²) in [4.78, 5) is 0. The molecule has 1 atom stereocenters. The van der Waals surface area contributed by atoms with Crippen LogP contribution in [0, 0.1) is 0 Å². The van der Waals surface area contributed by atoms with E-state index in [4.69, 9.17) is 11.6 Å². The van der Waals surface area contributed by atoms with Gasteiger partial charge >= 0.3 is 6.18 Å². The van der Waals surface area contributed by atoms with Crippen molar-refractivity contribution in [1.29, 1.82) is 0 Å². The molecule has 2 aromatic rings. The molecule has 3 nitrogen and oxygen atoms in total. The van der Waals surface area contributed by atoms with E-state index in [1.807, 2.05) is 6.92 Å². The third kappa shape index (κ3) is 3.30. The fourth-order valence-corrected chi connectivity index (χ4v) is 1.95. The van der Waals surface area contributed by atoms with Gasteiger partial charge in [-0.15, -0.1) is 16.7 Å². The van der Waals surface area contributed by atoms with Gasteiger partial charge in [0.15, 0.2) is 0 Å². The van der Waals surface area contributed by atoms with Crippen LogP contribution in [0.3, 0.4) is 0 Å². The van der Waals surface area contributed by atoms with E-state index in [2.05, 4.69) is 10.3 Å². The monoisotopic (exact) mass is 303 g/mol. The Morgan fingerprint density at radius 1 is 1.30 bits per heavy atom. The van der Waals surface area contributed by atoms with E-state index in [-0.39, 0.29) is 17.5 Å². The lowest BCUT2D eigenvalue weighted by Crippen LogP contribution is -2.11. The van der Waals surface area contributed by atoms with Crippen LogP contribution in [0.25, 0.3) is 0 Å². The molecular formula is C13H13ClF3N3. The summed E-state index contributed by atoms with van der Waals surface area (Å²) in [5.41, 5.74) is 0.0627. The summed E-state index contributed by atoms with van der Waals surface area (Å²) in [6, 6.07) is 5.43. The molecule has 0 aliphatic heterocycles. The van der Waals surface area contributed by atoms with Gasteiger partial charge in [0, 0.05) is 0 Å². The minimum atomic E-state index is -4.38. The van der Waals surface area contributed by atoms with Gasteiger partial charge in [-0.05, 0) is 18.1 Å². The van der Waals surface area contributed by atoms with Crippen molar-refractivity contribution in [3.8, 4) is 0 Å². The van der Waals surface area contributed by atoms with E-state index in [9.17, 15) is 13.2 Å². The number of alkyl halides is 4. The van der Waals surface area contributed by atoms with Gasteiger partial charge in [-0.25, -0.2) is 4.68 Å². The molecule has 20 heavy (non-hydrogen) atoms. The summed E-state index contributed by atoms with van der Waals surface area (Å²) in [5.74, 6) is 0. The van der Waals surface area contributed by atoms with Crippen molar-refractivity contribution >= 4 is 11.6 Å². The van der Waals surface area contributed by atoms with E-state index >= 15 is 0 Å². The molecule has 1 aromatic heterocycles. The van der Waals surface area contributed by atoms with Crippen LogP contribution < -0.4 is 0 Å². The zero-order valence-electron chi connectivity index (χ0n) is 10.7. The van der Waals surface area contributed by atoms with Crippen molar-refractivity contribution in [3.63, 3.8) is 0 Å². The van der Waals surface area contributed by atoms with Crippen LogP contribution in [0.15, 0.2) is 30.5 Å². The van der Waals surface area contributed by atoms with Gasteiger partial charge in [0.05, 0.1) is 23.7 Å². The Labute approximate surface area is 119 Å². The van der Waals surface area contributed by atoms with Crippen molar-refractivity contribution < 1.29 is 13.2 Å². The number of rotatable bonds is 4. The Hall–Kier alpha value is -1.56. The van der Waals surface area contributed by atoms with Crippen LogP contribution in [0.4, 0.5) is 13.2 Å². The van der Waals surface area contributed by atoms with E-state index in [0.717, 1.165) is 6.07 Å². The highest BCUT2D eigenvalue weighted by Gasteiger charge is 2.32. The zero-order valence-corrected chi connectivity index (χ0v) is 11.5. The number of hydrogen-bond acceptors (Lipinski definition) is 2. The highest BCUT2D eigenvalue weighted by molar-refractivity contribution is 6.20. The second-order valence-corrected chi connectivity index (χ2v) is 4.90. The smallest absolute Gasteiger partial charge is 0.248 e. The normalized spacial score (nSPS) is 13.4. The molecule has 1 unspecified atom stereocenters. The standard InChI is InChI=1S/C13H13ClF3N3/c1-2-11(14)12-8-20(19-18-12)7-9-5-3-4-6-10(9)13(15,16)17/h3-6,8,11H,2,7H2,1H3. The second kappa shape index (κ2) is 5.83. The summed E-state index contributed by atoms with van der Waals surface area (Å²) < 4.78 is 40.0. The predicted octanol–water partition coefficient (Wildman–Crippen LogP) is 4.04. The third-order valence-electron chi connectivity index (χ3n) is 2.89. The zero-order chi connectivity index (χ0) is 14.8. The van der Waals surface area contributed by atoms with Gasteiger partial charge in [0.1, 0.15) is 5.69 Å². The van der Waals surface area contributed by atoms with Gasteiger partial charge < -0.3 is 0 Å². The molecule has 0 aliphatic carbocycles. The first-order valence-corrected chi connectivity index (χ1v) is 6.54. The topological polar surface area (TPSA) is 30.7 Å². The average molecular weight is 304 g/mol. The second-order valence-electron chi connectivity index (χ2n) is 4.37. The first-order valence-electron chi connectivity index (χ1n) is 6.11. The highest BCUT2D eigenvalue weighted by Crippen LogP contribution is 2.32. The third-order valence-corrected chi connectivity index (χ3v) is 3.42. The fraction of sp³-hybridized carbons (Fsp3) is 0.385. The quantitative estimate of drug-likeness (QED) is 0.798. The van der Waals surface area contributed by atoms with Crippen molar-refractivity contribution in [1.82, 2.24) is 15.0 Å². The first-order chi connectivity index (χ1) is 9.41. The van der Waals surface area contributed by atoms with Crippen molar-refractivity contribution in [3.05, 3.63) is 47.3 Å². The summed E-state index contributed by atoms with van der Waals surface area (Å²) in [6.45, 7) is 1.91. The van der Waals surface area contributed by atoms with Crippen LogP contribution >= 0.6 is 11.6 Å². The molecule has 7 heteroatoms. The molecule has 0 amide bonds. The maximum atomic E-state index is 12.9. The molecule has 0 radical (unpaired) electrons. The molecule has 108 valence electrons. The minimum absolute atomic E-state index is 0.00993. The van der Waals surface area contributed by atoms with Crippen LogP contribution in [-0.2, 0) is 12.7 Å². The minimum Gasteiger partial charge on any atom is -0.248 e. The van der Waals surface area contributed by atoms with E-state index in [1.54, 1.807) is 12.3 Å². The Morgan fingerprint density at radius 3 is 2.65 bits per heavy atom. The van der Waals surface area contributed by atoms with Crippen molar-refractivity contribution in [2.75, 3.05) is 0 Å². The molecule has 0 saturated heterocycles. The van der Waals surface area contributed by atoms with Gasteiger partial charge in [-0.2, -0.15) is 13.2 Å². The highest BCUT2D eigenvalue weighted by atomic mass is 35.5. The number of halogens is 4. The Bertz CT molecular complexity index is 580. The van der Waals surface area contributed by atoms with E-state index in [1.165, 1.54) is 16.8 Å². The lowest BCUT2D eigenvalue weighted by atomic mass is 10.1. The molecule has 0 bridgehead atoms. The number of benzene rings is 1. The summed E-state index contributed by atoms with van der Waals surface area (Å²) in [5, 5.41) is 7.42. The lowest BCUT2D eigenvalue weighted by Gasteiger charge is -2.12. The van der Waals surface area contributed by atoms with Gasteiger partial charge in [-0.1, -0.05) is 30.3 Å². The molecule has 0 spiro atoms. The van der Waals surface area contributed by atoms with Crippen molar-refractivity contribution in [2.24, 2.45) is 0 Å². The maximum Gasteiger partial charge on any atom is 0.416 e. The first kappa shape index (κ1) is 14.8. The molecule has 0 fully saturated rings. The van der Waals surface area contributed by atoms with Crippen LogP contribution in [0.1, 0.15) is 35.5 Å². The maximum absolute atomic E-state index is 12.9. The average Bonchev–Trinajstić information content (AvgIpc) is 2.86. The van der Waals surface area contributed by atoms with E-state index < -0.39 is 11.7 Å². The largest absolute Gasteiger partial charge is 0.416 e. The Balaban J connectivity index is 2.25. The van der Waals surface area contributed by atoms with Gasteiger partial charge in [0.2, 0.25) is 0 Å². The fourth-order valence-electron chi connectivity index (χ4n) is 1.85. The number of nitrogens with zero attached hydrogens (tertiary/aromatic N) is 3. The number of aromatic nitrogens is 3. The molecule has 2 rings (SSSR count). The Morgan fingerprint density at radius 2 is 2.00 bits per heavy atom. The molecule has 1 aromatic carbocycles. The van der Waals surface area contributed by atoms with Crippen LogP contribution in [0.2, 0.25) is 0 Å². The number of hydrogen-bond donors (Lipinski definition) is 0. The SMILES string of the molecule is CCC(Cl)c1cn(Cc2ccccc2C(F)(F)F)nn1. The summed E-state index contributed by atoms with van der Waals surface area (Å²) >= 11 is 6.01. The summed E-state index contributed by atoms with van der Waals surface area (Å²) in [7, 11) is 0. The summed E-state index contributed by atoms with van der Waals surface area (Å²) in [6.07, 6.45) is -2.12. The lowest BCUT2D eigenvalue weighted by molar-refractivity contribution is -0.138. The molecule has 0 aliphatic rings. The molecule has 0 N–H and O–H groups in total. The van der Waals surface area contributed by atoms with Crippen molar-refractivity contribution in [2.45, 2.75) is 31.4 Å². The van der Waals surface area contributed by atoms with Gasteiger partial charge in [-0.3, -0.25) is 0 Å². The van der Waals surface area contributed by atoms with Crippen LogP contribution in [-0.4, -0.2) is 15.0 Å². The molecule has 1 heterocycles. The Kier molecular flexibility index (Phi) is 4.32. The van der Waals surface area contributed by atoms with Gasteiger partial charge in [0.25, 0.3) is 0 Å².